The molecular formula is C16H17N3O3. The molecule has 2 aromatic rings. The van der Waals surface area contributed by atoms with Crippen LogP contribution in [0.3, 0.4) is 0 Å². The molecule has 6 heteroatoms. The van der Waals surface area contributed by atoms with E-state index < -0.39 is 6.10 Å². The number of nitrogens with one attached hydrogen (secondary N) is 2. The number of para-hydroxylation sites is 2. The third-order valence-electron chi connectivity index (χ3n) is 3.37. The van der Waals surface area contributed by atoms with Crippen LogP contribution in [-0.2, 0) is 4.79 Å². The Morgan fingerprint density at radius 1 is 1.36 bits per heavy atom. The van der Waals surface area contributed by atoms with E-state index in [2.05, 4.69) is 15.5 Å². The topological polar surface area (TPSA) is 75.7 Å². The molecule has 1 aliphatic rings. The Labute approximate surface area is 128 Å². The SMILES string of the molecule is Cc1cc(/C=N/NC(=O)C2COc3ccccc3O2)c(C)[nH]1. The second-order valence-electron chi connectivity index (χ2n) is 5.13. The van der Waals surface area contributed by atoms with Crippen LogP contribution in [-0.4, -0.2) is 29.8 Å². The fourth-order valence-electron chi connectivity index (χ4n) is 2.27. The highest BCUT2D eigenvalue weighted by Crippen LogP contribution is 2.30. The number of H-pyrrole nitrogens is 1. The van der Waals surface area contributed by atoms with Gasteiger partial charge in [-0.15, -0.1) is 0 Å². The first kappa shape index (κ1) is 14.2. The second-order valence-corrected chi connectivity index (χ2v) is 5.13. The largest absolute Gasteiger partial charge is 0.485 e. The molecule has 0 aliphatic carbocycles. The minimum Gasteiger partial charge on any atom is -0.485 e. The summed E-state index contributed by atoms with van der Waals surface area (Å²) < 4.78 is 11.1. The molecule has 2 heterocycles. The molecule has 1 aliphatic heterocycles. The zero-order chi connectivity index (χ0) is 15.5. The van der Waals surface area contributed by atoms with Crippen molar-refractivity contribution in [1.29, 1.82) is 0 Å². The molecule has 0 radical (unpaired) electrons. The molecule has 1 aromatic heterocycles. The standard InChI is InChI=1S/C16H17N3O3/c1-10-7-12(11(2)18-10)8-17-19-16(20)15-9-21-13-5-3-4-6-14(13)22-15/h3-8,15,18H,9H2,1-2H3,(H,19,20)/b17-8+. The highest BCUT2D eigenvalue weighted by Gasteiger charge is 2.26. The number of fused-ring (bicyclic) bond motifs is 1. The lowest BCUT2D eigenvalue weighted by atomic mass is 10.2. The summed E-state index contributed by atoms with van der Waals surface area (Å²) in [5.74, 6) is 0.874. The van der Waals surface area contributed by atoms with Gasteiger partial charge in [0.2, 0.25) is 6.10 Å². The van der Waals surface area contributed by atoms with Gasteiger partial charge in [0.15, 0.2) is 11.5 Å². The van der Waals surface area contributed by atoms with Crippen LogP contribution in [0.15, 0.2) is 35.4 Å². The quantitative estimate of drug-likeness (QED) is 0.671. The van der Waals surface area contributed by atoms with E-state index in [1.54, 1.807) is 18.3 Å². The number of nitrogens with zero attached hydrogens (tertiary/aromatic N) is 1. The summed E-state index contributed by atoms with van der Waals surface area (Å²) in [5.41, 5.74) is 5.46. The first-order chi connectivity index (χ1) is 10.6. The predicted molar refractivity (Wildman–Crippen MR) is 82.4 cm³/mol. The van der Waals surface area contributed by atoms with Crippen molar-refractivity contribution in [2.24, 2.45) is 5.10 Å². The van der Waals surface area contributed by atoms with Gasteiger partial charge in [0.05, 0.1) is 6.21 Å². The summed E-state index contributed by atoms with van der Waals surface area (Å²) >= 11 is 0. The molecular weight excluding hydrogens is 282 g/mol. The van der Waals surface area contributed by atoms with Crippen molar-refractivity contribution in [2.45, 2.75) is 20.0 Å². The van der Waals surface area contributed by atoms with Gasteiger partial charge in [0, 0.05) is 17.0 Å². The fraction of sp³-hybridized carbons (Fsp3) is 0.250. The number of carbonyl (C=O) groups is 1. The van der Waals surface area contributed by atoms with Crippen molar-refractivity contribution in [3.05, 3.63) is 47.3 Å². The first-order valence-electron chi connectivity index (χ1n) is 7.01. The Balaban J connectivity index is 1.60. The maximum Gasteiger partial charge on any atom is 0.284 e. The lowest BCUT2D eigenvalue weighted by Gasteiger charge is -2.24. The van der Waals surface area contributed by atoms with Gasteiger partial charge >= 0.3 is 0 Å². The predicted octanol–water partition coefficient (Wildman–Crippen LogP) is 1.92. The Hall–Kier alpha value is -2.76. The minimum atomic E-state index is -0.707. The Morgan fingerprint density at radius 2 is 2.14 bits per heavy atom. The van der Waals surface area contributed by atoms with Crippen molar-refractivity contribution < 1.29 is 14.3 Å². The maximum absolute atomic E-state index is 12.1. The van der Waals surface area contributed by atoms with Gasteiger partial charge in [-0.2, -0.15) is 5.10 Å². The number of hydrazone groups is 1. The van der Waals surface area contributed by atoms with Crippen LogP contribution >= 0.6 is 0 Å². The van der Waals surface area contributed by atoms with E-state index in [-0.39, 0.29) is 12.5 Å². The number of ether oxygens (including phenoxy) is 2. The number of benzene rings is 1. The molecule has 1 aromatic carbocycles. The van der Waals surface area contributed by atoms with Gasteiger partial charge in [0.1, 0.15) is 6.61 Å². The summed E-state index contributed by atoms with van der Waals surface area (Å²) in [6.45, 7) is 4.08. The van der Waals surface area contributed by atoms with Gasteiger partial charge in [-0.05, 0) is 32.0 Å². The van der Waals surface area contributed by atoms with Crippen LogP contribution in [0.1, 0.15) is 17.0 Å². The highest BCUT2D eigenvalue weighted by atomic mass is 16.6. The van der Waals surface area contributed by atoms with Crippen LogP contribution in [0, 0.1) is 13.8 Å². The number of hydrogen-bond acceptors (Lipinski definition) is 4. The molecule has 6 nitrogen and oxygen atoms in total. The number of amides is 1. The Bertz CT molecular complexity index is 721. The number of carbonyl (C=O) groups excluding carboxylic acids is 1. The number of aryl methyl sites for hydroxylation is 2. The molecule has 0 bridgehead atoms. The smallest absolute Gasteiger partial charge is 0.284 e. The van der Waals surface area contributed by atoms with Crippen LogP contribution in [0.25, 0.3) is 0 Å². The van der Waals surface area contributed by atoms with Gasteiger partial charge in [-0.25, -0.2) is 5.43 Å². The molecule has 1 unspecified atom stereocenters. The van der Waals surface area contributed by atoms with E-state index >= 15 is 0 Å². The van der Waals surface area contributed by atoms with Gasteiger partial charge in [-0.1, -0.05) is 12.1 Å². The summed E-state index contributed by atoms with van der Waals surface area (Å²) in [4.78, 5) is 15.2. The first-order valence-corrected chi connectivity index (χ1v) is 7.01. The van der Waals surface area contributed by atoms with Crippen LogP contribution in [0.4, 0.5) is 0 Å². The average molecular weight is 299 g/mol. The van der Waals surface area contributed by atoms with Crippen molar-refractivity contribution in [3.8, 4) is 11.5 Å². The maximum atomic E-state index is 12.1. The Morgan fingerprint density at radius 3 is 2.86 bits per heavy atom. The average Bonchev–Trinajstić information content (AvgIpc) is 2.84. The van der Waals surface area contributed by atoms with E-state index in [1.165, 1.54) is 0 Å². The summed E-state index contributed by atoms with van der Waals surface area (Å²) in [6.07, 6.45) is 0.898. The molecule has 114 valence electrons. The molecule has 0 saturated carbocycles. The highest BCUT2D eigenvalue weighted by molar-refractivity contribution is 5.85. The zero-order valence-corrected chi connectivity index (χ0v) is 12.4. The summed E-state index contributed by atoms with van der Waals surface area (Å²) in [5, 5.41) is 3.97. The molecule has 0 fully saturated rings. The molecule has 3 rings (SSSR count). The fourth-order valence-corrected chi connectivity index (χ4v) is 2.27. The Kier molecular flexibility index (Phi) is 3.82. The van der Waals surface area contributed by atoms with Crippen LogP contribution in [0.2, 0.25) is 0 Å². The summed E-state index contributed by atoms with van der Waals surface area (Å²) in [6, 6.07) is 9.22. The van der Waals surface area contributed by atoms with E-state index in [0.29, 0.717) is 11.5 Å². The normalized spacial score (nSPS) is 16.7. The number of aromatic nitrogens is 1. The number of rotatable bonds is 3. The number of aromatic amines is 1. The van der Waals surface area contributed by atoms with Gasteiger partial charge < -0.3 is 14.5 Å². The summed E-state index contributed by atoms with van der Waals surface area (Å²) in [7, 11) is 0. The van der Waals surface area contributed by atoms with E-state index in [1.807, 2.05) is 32.0 Å². The van der Waals surface area contributed by atoms with Crippen LogP contribution in [0.5, 0.6) is 11.5 Å². The van der Waals surface area contributed by atoms with Crippen molar-refractivity contribution in [1.82, 2.24) is 10.4 Å². The van der Waals surface area contributed by atoms with Crippen LogP contribution < -0.4 is 14.9 Å². The molecule has 1 amide bonds. The van der Waals surface area contributed by atoms with E-state index in [4.69, 9.17) is 9.47 Å². The van der Waals surface area contributed by atoms with Gasteiger partial charge in [-0.3, -0.25) is 4.79 Å². The third kappa shape index (κ3) is 2.95. The molecule has 22 heavy (non-hydrogen) atoms. The molecule has 2 N–H and O–H groups in total. The van der Waals surface area contributed by atoms with Crippen molar-refractivity contribution >= 4 is 12.1 Å². The van der Waals surface area contributed by atoms with Crippen molar-refractivity contribution in [2.75, 3.05) is 6.61 Å². The zero-order valence-electron chi connectivity index (χ0n) is 12.4. The van der Waals surface area contributed by atoms with E-state index in [9.17, 15) is 4.79 Å². The van der Waals surface area contributed by atoms with Crippen molar-refractivity contribution in [3.63, 3.8) is 0 Å². The monoisotopic (exact) mass is 299 g/mol. The van der Waals surface area contributed by atoms with E-state index in [0.717, 1.165) is 17.0 Å². The third-order valence-corrected chi connectivity index (χ3v) is 3.37. The number of hydrogen-bond donors (Lipinski definition) is 2. The van der Waals surface area contributed by atoms with Gasteiger partial charge in [0.25, 0.3) is 5.91 Å². The lowest BCUT2D eigenvalue weighted by molar-refractivity contribution is -0.130. The minimum absolute atomic E-state index is 0.167. The molecule has 1 atom stereocenters. The second kappa shape index (κ2) is 5.93. The lowest BCUT2D eigenvalue weighted by Crippen LogP contribution is -2.42. The molecule has 0 spiro atoms. The molecule has 0 saturated heterocycles.